The van der Waals surface area contributed by atoms with E-state index in [0.29, 0.717) is 30.5 Å². The van der Waals surface area contributed by atoms with Gasteiger partial charge in [-0.25, -0.2) is 0 Å². The maximum atomic E-state index is 11.2. The lowest BCUT2D eigenvalue weighted by molar-refractivity contribution is -0.385. The van der Waals surface area contributed by atoms with Gasteiger partial charge in [0.2, 0.25) is 0 Å². The molecule has 0 aliphatic carbocycles. The zero-order chi connectivity index (χ0) is 14.4. The predicted molar refractivity (Wildman–Crippen MR) is 76.3 cm³/mol. The molecule has 0 radical (unpaired) electrons. The molecule has 1 saturated heterocycles. The van der Waals surface area contributed by atoms with Crippen LogP contribution in [0.5, 0.6) is 5.75 Å². The van der Waals surface area contributed by atoms with Gasteiger partial charge in [0.1, 0.15) is 5.69 Å². The van der Waals surface area contributed by atoms with Crippen molar-refractivity contribution < 1.29 is 14.4 Å². The first kappa shape index (κ1) is 14.6. The van der Waals surface area contributed by atoms with Gasteiger partial charge in [-0.05, 0) is 37.8 Å². The fraction of sp³-hybridized carbons (Fsp3) is 0.571. The molecule has 20 heavy (non-hydrogen) atoms. The molecule has 0 spiro atoms. The summed E-state index contributed by atoms with van der Waals surface area (Å²) in [7, 11) is 0. The molecule has 0 amide bonds. The number of para-hydroxylation sites is 1. The second-order valence-corrected chi connectivity index (χ2v) is 4.81. The van der Waals surface area contributed by atoms with E-state index in [1.165, 1.54) is 0 Å². The average molecular weight is 280 g/mol. The zero-order valence-electron chi connectivity index (χ0n) is 11.6. The Morgan fingerprint density at radius 3 is 2.85 bits per heavy atom. The highest BCUT2D eigenvalue weighted by molar-refractivity contribution is 5.68. The number of hydrogen-bond acceptors (Lipinski definition) is 5. The molecule has 1 aromatic carbocycles. The largest absolute Gasteiger partial charge is 0.486 e. The molecule has 1 heterocycles. The number of nitrogens with one attached hydrogen (secondary N) is 1. The Kier molecular flexibility index (Phi) is 5.17. The lowest BCUT2D eigenvalue weighted by atomic mass is 10.0. The Bertz CT molecular complexity index is 458. The molecule has 6 nitrogen and oxygen atoms in total. The summed E-state index contributed by atoms with van der Waals surface area (Å²) in [6.45, 7) is 4.52. The molecule has 1 aromatic rings. The normalized spacial score (nSPS) is 15.8. The van der Waals surface area contributed by atoms with E-state index >= 15 is 0 Å². The summed E-state index contributed by atoms with van der Waals surface area (Å²) in [6, 6.07) is 5.12. The molecule has 0 aromatic heterocycles. The van der Waals surface area contributed by atoms with E-state index in [2.05, 4.69) is 5.32 Å². The van der Waals surface area contributed by atoms with Crippen LogP contribution >= 0.6 is 0 Å². The topological polar surface area (TPSA) is 73.6 Å². The Labute approximate surface area is 118 Å². The first-order valence-electron chi connectivity index (χ1n) is 6.94. The van der Waals surface area contributed by atoms with Crippen LogP contribution in [0.3, 0.4) is 0 Å². The molecule has 110 valence electrons. The van der Waals surface area contributed by atoms with Crippen LogP contribution in [0.25, 0.3) is 0 Å². The smallest absolute Gasteiger partial charge is 0.333 e. The zero-order valence-corrected chi connectivity index (χ0v) is 11.6. The number of ether oxygens (including phenoxy) is 2. The lowest BCUT2D eigenvalue weighted by Gasteiger charge is -2.22. The van der Waals surface area contributed by atoms with E-state index in [-0.39, 0.29) is 5.69 Å². The standard InChI is InChI=1S/C14H20N2O4/c1-2-15-12-4-3-5-13(14(12)16(17)18)20-10-11-6-8-19-9-7-11/h3-5,11,15H,2,6-10H2,1H3. The molecule has 0 atom stereocenters. The van der Waals surface area contributed by atoms with Gasteiger partial charge in [0, 0.05) is 19.8 Å². The van der Waals surface area contributed by atoms with Crippen LogP contribution in [0.4, 0.5) is 11.4 Å². The summed E-state index contributed by atoms with van der Waals surface area (Å²) in [5.74, 6) is 0.742. The van der Waals surface area contributed by atoms with Crippen LogP contribution in [0.15, 0.2) is 18.2 Å². The minimum atomic E-state index is -0.392. The summed E-state index contributed by atoms with van der Waals surface area (Å²) in [6.07, 6.45) is 1.89. The first-order chi connectivity index (χ1) is 9.72. The number of anilines is 1. The number of rotatable bonds is 6. The monoisotopic (exact) mass is 280 g/mol. The van der Waals surface area contributed by atoms with Gasteiger partial charge in [0.25, 0.3) is 0 Å². The summed E-state index contributed by atoms with van der Waals surface area (Å²) >= 11 is 0. The van der Waals surface area contributed by atoms with Crippen molar-refractivity contribution in [3.8, 4) is 5.75 Å². The van der Waals surface area contributed by atoms with Crippen LogP contribution in [0.2, 0.25) is 0 Å². The molecular formula is C14H20N2O4. The van der Waals surface area contributed by atoms with E-state index in [9.17, 15) is 10.1 Å². The summed E-state index contributed by atoms with van der Waals surface area (Å²) < 4.78 is 11.0. The van der Waals surface area contributed by atoms with E-state index in [1.54, 1.807) is 18.2 Å². The summed E-state index contributed by atoms with van der Waals surface area (Å²) in [4.78, 5) is 10.8. The van der Waals surface area contributed by atoms with Gasteiger partial charge >= 0.3 is 5.69 Å². The quantitative estimate of drug-likeness (QED) is 0.640. The van der Waals surface area contributed by atoms with Crippen molar-refractivity contribution >= 4 is 11.4 Å². The fourth-order valence-electron chi connectivity index (χ4n) is 2.28. The second kappa shape index (κ2) is 7.09. The molecule has 1 aliphatic rings. The fourth-order valence-corrected chi connectivity index (χ4v) is 2.28. The van der Waals surface area contributed by atoms with Gasteiger partial charge in [0.05, 0.1) is 11.5 Å². The summed E-state index contributed by atoms with van der Waals surface area (Å²) in [5, 5.41) is 14.2. The van der Waals surface area contributed by atoms with Gasteiger partial charge < -0.3 is 14.8 Å². The molecule has 6 heteroatoms. The molecule has 2 rings (SSSR count). The van der Waals surface area contributed by atoms with Crippen molar-refractivity contribution in [1.82, 2.24) is 0 Å². The van der Waals surface area contributed by atoms with E-state index in [0.717, 1.165) is 26.1 Å². The molecule has 1 aliphatic heterocycles. The molecule has 1 fully saturated rings. The Balaban J connectivity index is 2.09. The average Bonchev–Trinajstić information content (AvgIpc) is 2.46. The van der Waals surface area contributed by atoms with Crippen molar-refractivity contribution in [2.45, 2.75) is 19.8 Å². The maximum Gasteiger partial charge on any atom is 0.333 e. The van der Waals surface area contributed by atoms with Crippen molar-refractivity contribution in [3.05, 3.63) is 28.3 Å². The van der Waals surface area contributed by atoms with Crippen molar-refractivity contribution in [3.63, 3.8) is 0 Å². The number of nitrogens with zero attached hydrogens (tertiary/aromatic N) is 1. The first-order valence-corrected chi connectivity index (χ1v) is 6.94. The lowest BCUT2D eigenvalue weighted by Crippen LogP contribution is -2.21. The number of hydrogen-bond donors (Lipinski definition) is 1. The third-order valence-corrected chi connectivity index (χ3v) is 3.36. The summed E-state index contributed by atoms with van der Waals surface area (Å²) in [5.41, 5.74) is 0.517. The predicted octanol–water partition coefficient (Wildman–Crippen LogP) is 2.83. The van der Waals surface area contributed by atoms with E-state index < -0.39 is 4.92 Å². The molecule has 0 bridgehead atoms. The van der Waals surface area contributed by atoms with Crippen LogP contribution in [0.1, 0.15) is 19.8 Å². The van der Waals surface area contributed by atoms with Gasteiger partial charge in [-0.2, -0.15) is 0 Å². The van der Waals surface area contributed by atoms with Crippen molar-refractivity contribution in [1.29, 1.82) is 0 Å². The molecule has 1 N–H and O–H groups in total. The molecule has 0 saturated carbocycles. The number of nitro benzene ring substituents is 1. The second-order valence-electron chi connectivity index (χ2n) is 4.81. The highest BCUT2D eigenvalue weighted by atomic mass is 16.6. The van der Waals surface area contributed by atoms with Gasteiger partial charge in [-0.3, -0.25) is 10.1 Å². The van der Waals surface area contributed by atoms with Crippen molar-refractivity contribution in [2.75, 3.05) is 31.7 Å². The molecule has 0 unspecified atom stereocenters. The third-order valence-electron chi connectivity index (χ3n) is 3.36. The SMILES string of the molecule is CCNc1cccc(OCC2CCOCC2)c1[N+](=O)[O-]. The molecular weight excluding hydrogens is 260 g/mol. The maximum absolute atomic E-state index is 11.2. The Morgan fingerprint density at radius 1 is 1.45 bits per heavy atom. The number of nitro groups is 1. The number of benzene rings is 1. The van der Waals surface area contributed by atoms with Gasteiger partial charge in [0.15, 0.2) is 5.75 Å². The van der Waals surface area contributed by atoms with Crippen LogP contribution < -0.4 is 10.1 Å². The van der Waals surface area contributed by atoms with Gasteiger partial charge in [-0.1, -0.05) is 6.07 Å². The Morgan fingerprint density at radius 2 is 2.20 bits per heavy atom. The van der Waals surface area contributed by atoms with E-state index in [1.807, 2.05) is 6.92 Å². The minimum Gasteiger partial charge on any atom is -0.486 e. The minimum absolute atomic E-state index is 0.0152. The van der Waals surface area contributed by atoms with Crippen LogP contribution in [-0.4, -0.2) is 31.3 Å². The van der Waals surface area contributed by atoms with Crippen LogP contribution in [-0.2, 0) is 4.74 Å². The highest BCUT2D eigenvalue weighted by Crippen LogP contribution is 2.35. The van der Waals surface area contributed by atoms with Gasteiger partial charge in [-0.15, -0.1) is 0 Å². The highest BCUT2D eigenvalue weighted by Gasteiger charge is 2.22. The third kappa shape index (κ3) is 3.60. The van der Waals surface area contributed by atoms with Crippen molar-refractivity contribution in [2.24, 2.45) is 5.92 Å². The van der Waals surface area contributed by atoms with Crippen LogP contribution in [0, 0.1) is 16.0 Å². The Hall–Kier alpha value is -1.82. The van der Waals surface area contributed by atoms with E-state index in [4.69, 9.17) is 9.47 Å².